The lowest BCUT2D eigenvalue weighted by Gasteiger charge is -2.23. The van der Waals surface area contributed by atoms with Gasteiger partial charge < -0.3 is 15.2 Å². The molecule has 0 aromatic heterocycles. The monoisotopic (exact) mass is 217 g/mol. The maximum Gasteiger partial charge on any atom is 0.223 e. The van der Waals surface area contributed by atoms with E-state index in [4.69, 9.17) is 4.74 Å². The smallest absolute Gasteiger partial charge is 0.223 e. The number of nitrogens with one attached hydrogen (secondary N) is 1. The van der Waals surface area contributed by atoms with Gasteiger partial charge in [0.05, 0.1) is 6.61 Å². The molecule has 0 aliphatic carbocycles. The van der Waals surface area contributed by atoms with Gasteiger partial charge in [-0.3, -0.25) is 4.79 Å². The maximum absolute atomic E-state index is 11.6. The molecule has 0 aliphatic rings. The van der Waals surface area contributed by atoms with Gasteiger partial charge in [0.1, 0.15) is 5.60 Å². The quantitative estimate of drug-likeness (QED) is 0.667. The number of rotatable bonds is 7. The molecule has 15 heavy (non-hydrogen) atoms. The summed E-state index contributed by atoms with van der Waals surface area (Å²) in [5.41, 5.74) is -0.990. The highest BCUT2D eigenvalue weighted by Crippen LogP contribution is 2.08. The number of carbonyl (C=O) groups excluding carboxylic acids is 1. The van der Waals surface area contributed by atoms with Crippen molar-refractivity contribution in [3.8, 4) is 0 Å². The Kier molecular flexibility index (Phi) is 6.52. The Morgan fingerprint density at radius 1 is 1.47 bits per heavy atom. The van der Waals surface area contributed by atoms with Gasteiger partial charge in [-0.1, -0.05) is 13.8 Å². The molecule has 0 radical (unpaired) electrons. The zero-order valence-electron chi connectivity index (χ0n) is 10.2. The van der Waals surface area contributed by atoms with Crippen LogP contribution in [-0.4, -0.2) is 36.9 Å². The lowest BCUT2D eigenvalue weighted by atomic mass is 10.0. The molecule has 1 amide bonds. The van der Waals surface area contributed by atoms with Crippen LogP contribution < -0.4 is 5.32 Å². The van der Waals surface area contributed by atoms with E-state index in [1.54, 1.807) is 6.92 Å². The van der Waals surface area contributed by atoms with Crippen molar-refractivity contribution in [1.82, 2.24) is 5.32 Å². The van der Waals surface area contributed by atoms with Gasteiger partial charge in [-0.2, -0.15) is 0 Å². The molecule has 4 nitrogen and oxygen atoms in total. The van der Waals surface area contributed by atoms with Crippen LogP contribution in [0, 0.1) is 5.92 Å². The fraction of sp³-hybridized carbons (Fsp3) is 0.909. The predicted octanol–water partition coefficient (Wildman–Crippen LogP) is 0.936. The van der Waals surface area contributed by atoms with Gasteiger partial charge in [-0.05, 0) is 19.8 Å². The van der Waals surface area contributed by atoms with Crippen molar-refractivity contribution in [3.05, 3.63) is 0 Å². The summed E-state index contributed by atoms with van der Waals surface area (Å²) in [5, 5.41) is 12.5. The van der Waals surface area contributed by atoms with Crippen LogP contribution in [0.15, 0.2) is 0 Å². The van der Waals surface area contributed by atoms with E-state index in [2.05, 4.69) is 5.32 Å². The largest absolute Gasteiger partial charge is 0.386 e. The minimum atomic E-state index is -0.990. The van der Waals surface area contributed by atoms with Crippen LogP contribution in [0.2, 0.25) is 0 Å². The van der Waals surface area contributed by atoms with Crippen molar-refractivity contribution in [1.29, 1.82) is 0 Å². The van der Waals surface area contributed by atoms with Crippen LogP contribution in [0.4, 0.5) is 0 Å². The molecule has 0 aromatic carbocycles. The van der Waals surface area contributed by atoms with Crippen molar-refractivity contribution in [2.24, 2.45) is 5.92 Å². The third-order valence-corrected chi connectivity index (χ3v) is 2.46. The zero-order chi connectivity index (χ0) is 11.9. The molecule has 0 fully saturated rings. The molecule has 0 heterocycles. The van der Waals surface area contributed by atoms with E-state index in [0.717, 1.165) is 12.8 Å². The van der Waals surface area contributed by atoms with E-state index in [1.807, 2.05) is 13.8 Å². The van der Waals surface area contributed by atoms with E-state index in [9.17, 15) is 9.90 Å². The van der Waals surface area contributed by atoms with E-state index >= 15 is 0 Å². The first-order valence-corrected chi connectivity index (χ1v) is 5.45. The number of amides is 1. The molecular formula is C11H23NO3. The fourth-order valence-corrected chi connectivity index (χ4v) is 1.44. The van der Waals surface area contributed by atoms with Gasteiger partial charge in [0.25, 0.3) is 0 Å². The zero-order valence-corrected chi connectivity index (χ0v) is 10.2. The minimum Gasteiger partial charge on any atom is -0.386 e. The highest BCUT2D eigenvalue weighted by molar-refractivity contribution is 5.78. The Bertz CT molecular complexity index is 188. The first-order chi connectivity index (χ1) is 6.96. The summed E-state index contributed by atoms with van der Waals surface area (Å²) in [4.78, 5) is 11.6. The van der Waals surface area contributed by atoms with Crippen molar-refractivity contribution in [3.63, 3.8) is 0 Å². The van der Waals surface area contributed by atoms with Crippen molar-refractivity contribution < 1.29 is 14.6 Å². The summed E-state index contributed by atoms with van der Waals surface area (Å²) in [7, 11) is 1.52. The Hall–Kier alpha value is -0.610. The Morgan fingerprint density at radius 3 is 2.40 bits per heavy atom. The summed E-state index contributed by atoms with van der Waals surface area (Å²) < 4.78 is 4.85. The summed E-state index contributed by atoms with van der Waals surface area (Å²) in [6.45, 7) is 6.07. The highest BCUT2D eigenvalue weighted by Gasteiger charge is 2.22. The van der Waals surface area contributed by atoms with E-state index < -0.39 is 5.60 Å². The van der Waals surface area contributed by atoms with Crippen molar-refractivity contribution >= 4 is 5.91 Å². The average Bonchev–Trinajstić information content (AvgIpc) is 2.17. The van der Waals surface area contributed by atoms with Crippen LogP contribution >= 0.6 is 0 Å². The average molecular weight is 217 g/mol. The van der Waals surface area contributed by atoms with Crippen molar-refractivity contribution in [2.75, 3.05) is 20.3 Å². The molecule has 0 bridgehead atoms. The topological polar surface area (TPSA) is 58.6 Å². The van der Waals surface area contributed by atoms with Gasteiger partial charge in [-0.25, -0.2) is 0 Å². The predicted molar refractivity (Wildman–Crippen MR) is 59.6 cm³/mol. The summed E-state index contributed by atoms with van der Waals surface area (Å²) in [5.74, 6) is 0.0553. The van der Waals surface area contributed by atoms with Crippen LogP contribution in [0.3, 0.4) is 0 Å². The lowest BCUT2D eigenvalue weighted by Crippen LogP contribution is -2.45. The second-order valence-corrected chi connectivity index (χ2v) is 4.16. The normalized spacial score (nSPS) is 15.1. The van der Waals surface area contributed by atoms with Gasteiger partial charge in [0.15, 0.2) is 0 Å². The highest BCUT2D eigenvalue weighted by atomic mass is 16.5. The third-order valence-electron chi connectivity index (χ3n) is 2.46. The second kappa shape index (κ2) is 6.80. The Balaban J connectivity index is 3.98. The SMILES string of the molecule is CCC(CC)C(=O)NCC(C)(O)COC. The number of methoxy groups -OCH3 is 1. The first-order valence-electron chi connectivity index (χ1n) is 5.45. The maximum atomic E-state index is 11.6. The van der Waals surface area contributed by atoms with Gasteiger partial charge >= 0.3 is 0 Å². The molecule has 1 atom stereocenters. The first kappa shape index (κ1) is 14.4. The number of hydrogen-bond donors (Lipinski definition) is 2. The minimum absolute atomic E-state index is 0.0105. The fourth-order valence-electron chi connectivity index (χ4n) is 1.44. The van der Waals surface area contributed by atoms with E-state index in [-0.39, 0.29) is 25.0 Å². The molecule has 4 heteroatoms. The van der Waals surface area contributed by atoms with Gasteiger partial charge in [0, 0.05) is 19.6 Å². The molecule has 0 aromatic rings. The number of ether oxygens (including phenoxy) is 1. The third kappa shape index (κ3) is 5.74. The molecule has 0 spiro atoms. The van der Waals surface area contributed by atoms with Gasteiger partial charge in [0.2, 0.25) is 5.91 Å². The number of hydrogen-bond acceptors (Lipinski definition) is 3. The summed E-state index contributed by atoms with van der Waals surface area (Å²) >= 11 is 0. The lowest BCUT2D eigenvalue weighted by molar-refractivity contribution is -0.126. The van der Waals surface area contributed by atoms with Crippen LogP contribution in [0.5, 0.6) is 0 Å². The van der Waals surface area contributed by atoms with E-state index in [0.29, 0.717) is 0 Å². The molecule has 2 N–H and O–H groups in total. The molecule has 90 valence electrons. The molecule has 0 aliphatic heterocycles. The molecule has 0 rings (SSSR count). The summed E-state index contributed by atoms with van der Waals surface area (Å²) in [6.07, 6.45) is 1.66. The molecular weight excluding hydrogens is 194 g/mol. The standard InChI is InChI=1S/C11H23NO3/c1-5-9(6-2)10(13)12-7-11(3,14)8-15-4/h9,14H,5-8H2,1-4H3,(H,12,13). The van der Waals surface area contributed by atoms with Crippen LogP contribution in [-0.2, 0) is 9.53 Å². The van der Waals surface area contributed by atoms with E-state index in [1.165, 1.54) is 7.11 Å². The van der Waals surface area contributed by atoms with Crippen molar-refractivity contribution in [2.45, 2.75) is 39.2 Å². The number of carbonyl (C=O) groups is 1. The second-order valence-electron chi connectivity index (χ2n) is 4.16. The Morgan fingerprint density at radius 2 is 2.00 bits per heavy atom. The molecule has 1 unspecified atom stereocenters. The Labute approximate surface area is 92.0 Å². The van der Waals surface area contributed by atoms with Crippen LogP contribution in [0.25, 0.3) is 0 Å². The molecule has 0 saturated carbocycles. The van der Waals surface area contributed by atoms with Gasteiger partial charge in [-0.15, -0.1) is 0 Å². The number of aliphatic hydroxyl groups is 1. The summed E-state index contributed by atoms with van der Waals surface area (Å²) in [6, 6.07) is 0. The molecule has 0 saturated heterocycles. The van der Waals surface area contributed by atoms with Crippen LogP contribution in [0.1, 0.15) is 33.6 Å².